The number of rotatable bonds is 2. The van der Waals surface area contributed by atoms with Gasteiger partial charge in [0.15, 0.2) is 0 Å². The predicted molar refractivity (Wildman–Crippen MR) is 85.3 cm³/mol. The van der Waals surface area contributed by atoms with E-state index < -0.39 is 11.8 Å². The average Bonchev–Trinajstić information content (AvgIpc) is 3.11. The van der Waals surface area contributed by atoms with E-state index in [2.05, 4.69) is 15.3 Å². The fourth-order valence-electron chi connectivity index (χ4n) is 2.15. The van der Waals surface area contributed by atoms with Crippen molar-refractivity contribution in [3.8, 4) is 0 Å². The average molecular weight is 353 g/mol. The lowest BCUT2D eigenvalue weighted by atomic mass is 10.2. The van der Waals surface area contributed by atoms with Crippen LogP contribution in [0, 0.1) is 0 Å². The van der Waals surface area contributed by atoms with Gasteiger partial charge < -0.3 is 15.0 Å². The molecular formula is C14H13ClN4O3S. The predicted octanol–water partition coefficient (Wildman–Crippen LogP) is 1.73. The minimum absolute atomic E-state index is 0.294. The lowest BCUT2D eigenvalue weighted by Crippen LogP contribution is -2.46. The number of nitrogens with one attached hydrogen (secondary N) is 1. The molecule has 0 aliphatic carbocycles. The molecule has 23 heavy (non-hydrogen) atoms. The van der Waals surface area contributed by atoms with Crippen LogP contribution >= 0.6 is 22.9 Å². The van der Waals surface area contributed by atoms with Crippen LogP contribution in [-0.2, 0) is 14.3 Å². The molecule has 2 aromatic heterocycles. The zero-order valence-electron chi connectivity index (χ0n) is 11.9. The second kappa shape index (κ2) is 7.03. The van der Waals surface area contributed by atoms with E-state index in [9.17, 15) is 9.59 Å². The highest BCUT2D eigenvalue weighted by Crippen LogP contribution is 2.24. The van der Waals surface area contributed by atoms with E-state index in [4.69, 9.17) is 16.3 Å². The smallest absolute Gasteiger partial charge is 0.313 e. The Morgan fingerprint density at radius 1 is 1.39 bits per heavy atom. The highest BCUT2D eigenvalue weighted by Gasteiger charge is 2.30. The van der Waals surface area contributed by atoms with Crippen molar-refractivity contribution in [3.05, 3.63) is 40.1 Å². The number of thiazole rings is 1. The molecule has 1 fully saturated rings. The lowest BCUT2D eigenvalue weighted by molar-refractivity contribution is -0.148. The van der Waals surface area contributed by atoms with E-state index in [0.717, 1.165) is 5.01 Å². The highest BCUT2D eigenvalue weighted by atomic mass is 35.5. The minimum atomic E-state index is -0.714. The third kappa shape index (κ3) is 3.84. The Labute approximate surface area is 141 Å². The van der Waals surface area contributed by atoms with Crippen LogP contribution < -0.4 is 5.32 Å². The maximum Gasteiger partial charge on any atom is 0.313 e. The van der Waals surface area contributed by atoms with Crippen molar-refractivity contribution < 1.29 is 14.3 Å². The van der Waals surface area contributed by atoms with Crippen LogP contribution in [-0.4, -0.2) is 46.4 Å². The second-order valence-corrected chi connectivity index (χ2v) is 6.12. The first-order chi connectivity index (χ1) is 11.1. The van der Waals surface area contributed by atoms with Gasteiger partial charge in [0.05, 0.1) is 25.0 Å². The minimum Gasteiger partial charge on any atom is -0.367 e. The number of ether oxygens (including phenoxy) is 1. The fourth-order valence-corrected chi connectivity index (χ4v) is 2.94. The Morgan fingerprint density at radius 3 is 2.96 bits per heavy atom. The molecule has 7 nitrogen and oxygen atoms in total. The molecule has 2 aromatic rings. The Kier molecular flexibility index (Phi) is 4.85. The summed E-state index contributed by atoms with van der Waals surface area (Å²) in [4.78, 5) is 33.9. The molecule has 0 spiro atoms. The quantitative estimate of drug-likeness (QED) is 0.657. The SMILES string of the molecule is O=C(Nc1ccc(Cl)nc1)C(=O)N1CCO[C@H](c2nccs2)C1. The van der Waals surface area contributed by atoms with Crippen molar-refractivity contribution in [2.45, 2.75) is 6.10 Å². The Bertz CT molecular complexity index is 693. The summed E-state index contributed by atoms with van der Waals surface area (Å²) in [7, 11) is 0. The zero-order valence-corrected chi connectivity index (χ0v) is 13.5. The summed E-state index contributed by atoms with van der Waals surface area (Å²) in [6.07, 6.45) is 2.79. The van der Waals surface area contributed by atoms with Gasteiger partial charge in [-0.05, 0) is 12.1 Å². The molecule has 9 heteroatoms. The van der Waals surface area contributed by atoms with Gasteiger partial charge in [0.1, 0.15) is 16.3 Å². The summed E-state index contributed by atoms with van der Waals surface area (Å²) in [6, 6.07) is 3.12. The molecule has 0 saturated carbocycles. The third-order valence-electron chi connectivity index (χ3n) is 3.26. The Morgan fingerprint density at radius 2 is 2.26 bits per heavy atom. The topological polar surface area (TPSA) is 84.4 Å². The molecule has 1 N–H and O–H groups in total. The Balaban J connectivity index is 1.62. The first kappa shape index (κ1) is 15.9. The van der Waals surface area contributed by atoms with Crippen LogP contribution in [0.25, 0.3) is 0 Å². The van der Waals surface area contributed by atoms with Crippen LogP contribution in [0.5, 0.6) is 0 Å². The molecule has 0 radical (unpaired) electrons. The van der Waals surface area contributed by atoms with Crippen molar-refractivity contribution in [1.29, 1.82) is 0 Å². The summed E-state index contributed by atoms with van der Waals surface area (Å²) in [5.41, 5.74) is 0.414. The zero-order chi connectivity index (χ0) is 16.2. The molecule has 1 saturated heterocycles. The van der Waals surface area contributed by atoms with Crippen molar-refractivity contribution in [2.24, 2.45) is 0 Å². The largest absolute Gasteiger partial charge is 0.367 e. The number of amides is 2. The lowest BCUT2D eigenvalue weighted by Gasteiger charge is -2.31. The first-order valence-corrected chi connectivity index (χ1v) is 8.12. The fraction of sp³-hybridized carbons (Fsp3) is 0.286. The molecule has 0 unspecified atom stereocenters. The number of hydrogen-bond acceptors (Lipinski definition) is 6. The van der Waals surface area contributed by atoms with Crippen molar-refractivity contribution in [3.63, 3.8) is 0 Å². The molecule has 0 aromatic carbocycles. The van der Waals surface area contributed by atoms with Crippen LogP contribution in [0.4, 0.5) is 5.69 Å². The molecule has 3 rings (SSSR count). The number of carbonyl (C=O) groups excluding carboxylic acids is 2. The number of nitrogens with zero attached hydrogens (tertiary/aromatic N) is 3. The van der Waals surface area contributed by atoms with Gasteiger partial charge in [0.2, 0.25) is 0 Å². The molecular weight excluding hydrogens is 340 g/mol. The van der Waals surface area contributed by atoms with Gasteiger partial charge in [0.25, 0.3) is 0 Å². The summed E-state index contributed by atoms with van der Waals surface area (Å²) >= 11 is 7.14. The molecule has 2 amide bonds. The van der Waals surface area contributed by atoms with Gasteiger partial charge in [-0.2, -0.15) is 0 Å². The van der Waals surface area contributed by atoms with E-state index in [1.54, 1.807) is 12.3 Å². The standard InChI is InChI=1S/C14H13ClN4O3S/c15-11-2-1-9(7-17-11)18-12(20)14(21)19-4-5-22-10(8-19)13-16-3-6-23-13/h1-3,6-7,10H,4-5,8H2,(H,18,20)/t10-/m0/s1. The molecule has 120 valence electrons. The summed E-state index contributed by atoms with van der Waals surface area (Å²) < 4.78 is 5.61. The number of morpholine rings is 1. The van der Waals surface area contributed by atoms with Crippen LogP contribution in [0.3, 0.4) is 0 Å². The molecule has 3 heterocycles. The number of anilines is 1. The number of carbonyl (C=O) groups is 2. The van der Waals surface area contributed by atoms with Gasteiger partial charge in [-0.25, -0.2) is 9.97 Å². The molecule has 1 aliphatic rings. The molecule has 1 atom stereocenters. The third-order valence-corrected chi connectivity index (χ3v) is 4.35. The van der Waals surface area contributed by atoms with E-state index >= 15 is 0 Å². The van der Waals surface area contributed by atoms with Gasteiger partial charge in [-0.1, -0.05) is 11.6 Å². The van der Waals surface area contributed by atoms with Crippen molar-refractivity contribution >= 4 is 40.4 Å². The summed E-state index contributed by atoms with van der Waals surface area (Å²) in [5, 5.41) is 5.47. The monoisotopic (exact) mass is 352 g/mol. The van der Waals surface area contributed by atoms with Crippen LogP contribution in [0.15, 0.2) is 29.9 Å². The number of halogens is 1. The van der Waals surface area contributed by atoms with E-state index in [0.29, 0.717) is 30.5 Å². The molecule has 0 bridgehead atoms. The number of hydrogen-bond donors (Lipinski definition) is 1. The van der Waals surface area contributed by atoms with Gasteiger partial charge in [-0.3, -0.25) is 9.59 Å². The molecule has 1 aliphatic heterocycles. The van der Waals surface area contributed by atoms with Crippen molar-refractivity contribution in [2.75, 3.05) is 25.0 Å². The van der Waals surface area contributed by atoms with Gasteiger partial charge >= 0.3 is 11.8 Å². The second-order valence-electron chi connectivity index (χ2n) is 4.80. The Hall–Kier alpha value is -2.03. The maximum absolute atomic E-state index is 12.3. The number of pyridine rings is 1. The van der Waals surface area contributed by atoms with E-state index in [1.807, 2.05) is 5.38 Å². The van der Waals surface area contributed by atoms with Crippen LogP contribution in [0.2, 0.25) is 5.15 Å². The van der Waals surface area contributed by atoms with Gasteiger partial charge in [-0.15, -0.1) is 11.3 Å². The number of aromatic nitrogens is 2. The normalized spacial score (nSPS) is 17.8. The first-order valence-electron chi connectivity index (χ1n) is 6.86. The highest BCUT2D eigenvalue weighted by molar-refractivity contribution is 7.09. The van der Waals surface area contributed by atoms with Gasteiger partial charge in [0, 0.05) is 18.1 Å². The van der Waals surface area contributed by atoms with Crippen LogP contribution in [0.1, 0.15) is 11.1 Å². The van der Waals surface area contributed by atoms with Crippen molar-refractivity contribution in [1.82, 2.24) is 14.9 Å². The summed E-state index contributed by atoms with van der Waals surface area (Å²) in [5.74, 6) is -1.32. The maximum atomic E-state index is 12.3. The van der Waals surface area contributed by atoms with E-state index in [1.165, 1.54) is 28.5 Å². The van der Waals surface area contributed by atoms with E-state index in [-0.39, 0.29) is 6.10 Å². The summed E-state index contributed by atoms with van der Waals surface area (Å²) in [6.45, 7) is 1.04.